The minimum atomic E-state index is 0.765. The summed E-state index contributed by atoms with van der Waals surface area (Å²) in [6, 6.07) is 16.2. The molecular weight excluding hydrogens is 326 g/mol. The van der Waals surface area contributed by atoms with E-state index in [9.17, 15) is 0 Å². The van der Waals surface area contributed by atoms with Crippen LogP contribution >= 0.6 is 15.9 Å². The maximum atomic E-state index is 4.62. The third kappa shape index (κ3) is 3.05. The van der Waals surface area contributed by atoms with Gasteiger partial charge in [0.15, 0.2) is 0 Å². The molecule has 0 bridgehead atoms. The Bertz CT molecular complexity index is 772. The summed E-state index contributed by atoms with van der Waals surface area (Å²) >= 11 is 3.44. The van der Waals surface area contributed by atoms with Crippen LogP contribution in [-0.2, 0) is 6.54 Å². The standard InChI is InChI=1S/C17H16BrN3/c1-2-11-21-16-6-4-3-5-15(16)20-17(21)19-12-13-7-9-14(18)10-8-13/h3-10,12H,2,11H2,1H3. The maximum Gasteiger partial charge on any atom is 0.230 e. The number of rotatable bonds is 4. The van der Waals surface area contributed by atoms with Gasteiger partial charge in [-0.25, -0.2) is 9.98 Å². The molecule has 4 heteroatoms. The predicted molar refractivity (Wildman–Crippen MR) is 91.4 cm³/mol. The molecule has 2 aromatic carbocycles. The lowest BCUT2D eigenvalue weighted by Gasteiger charge is -2.03. The van der Waals surface area contributed by atoms with E-state index in [0.29, 0.717) is 0 Å². The highest BCUT2D eigenvalue weighted by atomic mass is 79.9. The second kappa shape index (κ2) is 6.22. The lowest BCUT2D eigenvalue weighted by Crippen LogP contribution is -1.96. The molecule has 3 nitrogen and oxygen atoms in total. The summed E-state index contributed by atoms with van der Waals surface area (Å²) in [5.74, 6) is 0.765. The summed E-state index contributed by atoms with van der Waals surface area (Å²) in [6.45, 7) is 3.09. The molecule has 0 atom stereocenters. The van der Waals surface area contributed by atoms with Crippen LogP contribution in [0.15, 0.2) is 58.0 Å². The fourth-order valence-electron chi connectivity index (χ4n) is 2.29. The van der Waals surface area contributed by atoms with Gasteiger partial charge in [-0.05, 0) is 36.2 Å². The minimum Gasteiger partial charge on any atom is -0.308 e. The first-order valence-electron chi connectivity index (χ1n) is 7.03. The number of hydrogen-bond acceptors (Lipinski definition) is 2. The van der Waals surface area contributed by atoms with Gasteiger partial charge in [-0.3, -0.25) is 0 Å². The van der Waals surface area contributed by atoms with Crippen molar-refractivity contribution in [2.45, 2.75) is 19.9 Å². The zero-order chi connectivity index (χ0) is 14.7. The molecule has 0 radical (unpaired) electrons. The van der Waals surface area contributed by atoms with Crippen LogP contribution in [0.2, 0.25) is 0 Å². The zero-order valence-corrected chi connectivity index (χ0v) is 13.4. The van der Waals surface area contributed by atoms with Gasteiger partial charge in [0.05, 0.1) is 11.0 Å². The van der Waals surface area contributed by atoms with Crippen molar-refractivity contribution in [2.24, 2.45) is 4.99 Å². The summed E-state index contributed by atoms with van der Waals surface area (Å²) in [6.07, 6.45) is 2.92. The van der Waals surface area contributed by atoms with Crippen molar-refractivity contribution in [3.63, 3.8) is 0 Å². The number of halogens is 1. The molecule has 0 aliphatic rings. The first kappa shape index (κ1) is 14.0. The molecule has 1 aromatic heterocycles. The molecule has 0 fully saturated rings. The number of para-hydroxylation sites is 2. The van der Waals surface area contributed by atoms with Crippen molar-refractivity contribution in [3.8, 4) is 0 Å². The summed E-state index contributed by atoms with van der Waals surface area (Å²) in [5, 5.41) is 0. The molecule has 0 spiro atoms. The van der Waals surface area contributed by atoms with E-state index in [1.165, 1.54) is 0 Å². The van der Waals surface area contributed by atoms with E-state index in [1.807, 2.05) is 48.7 Å². The van der Waals surface area contributed by atoms with Crippen molar-refractivity contribution < 1.29 is 0 Å². The number of hydrogen-bond donors (Lipinski definition) is 0. The lowest BCUT2D eigenvalue weighted by atomic mass is 10.2. The molecule has 0 saturated heterocycles. The van der Waals surface area contributed by atoms with Crippen LogP contribution in [0.5, 0.6) is 0 Å². The van der Waals surface area contributed by atoms with Crippen LogP contribution in [0.4, 0.5) is 5.95 Å². The van der Waals surface area contributed by atoms with Crippen molar-refractivity contribution in [1.29, 1.82) is 0 Å². The summed E-state index contributed by atoms with van der Waals surface area (Å²) in [7, 11) is 0. The average molecular weight is 342 g/mol. The number of fused-ring (bicyclic) bond motifs is 1. The van der Waals surface area contributed by atoms with Crippen LogP contribution in [0.1, 0.15) is 18.9 Å². The highest BCUT2D eigenvalue weighted by molar-refractivity contribution is 9.10. The van der Waals surface area contributed by atoms with Crippen LogP contribution in [-0.4, -0.2) is 15.8 Å². The molecule has 0 aliphatic carbocycles. The highest BCUT2D eigenvalue weighted by Crippen LogP contribution is 2.22. The van der Waals surface area contributed by atoms with Gasteiger partial charge < -0.3 is 4.57 Å². The Kier molecular flexibility index (Phi) is 4.15. The van der Waals surface area contributed by atoms with Gasteiger partial charge in [0, 0.05) is 17.2 Å². The molecule has 0 amide bonds. The summed E-state index contributed by atoms with van der Waals surface area (Å²) in [4.78, 5) is 9.19. The summed E-state index contributed by atoms with van der Waals surface area (Å²) < 4.78 is 3.24. The smallest absolute Gasteiger partial charge is 0.230 e. The normalized spacial score (nSPS) is 11.5. The maximum absolute atomic E-state index is 4.62. The van der Waals surface area contributed by atoms with Crippen LogP contribution in [0, 0.1) is 0 Å². The number of benzene rings is 2. The Morgan fingerprint density at radius 2 is 1.90 bits per heavy atom. The van der Waals surface area contributed by atoms with Crippen molar-refractivity contribution in [1.82, 2.24) is 9.55 Å². The van der Waals surface area contributed by atoms with Gasteiger partial charge in [-0.2, -0.15) is 0 Å². The van der Waals surface area contributed by atoms with E-state index in [2.05, 4.69) is 43.5 Å². The Morgan fingerprint density at radius 3 is 2.67 bits per heavy atom. The lowest BCUT2D eigenvalue weighted by molar-refractivity contribution is 0.701. The molecule has 106 valence electrons. The van der Waals surface area contributed by atoms with Gasteiger partial charge in [0.1, 0.15) is 0 Å². The van der Waals surface area contributed by atoms with Crippen molar-refractivity contribution in [2.75, 3.05) is 0 Å². The van der Waals surface area contributed by atoms with E-state index >= 15 is 0 Å². The Morgan fingerprint density at radius 1 is 1.14 bits per heavy atom. The molecule has 0 aliphatic heterocycles. The molecule has 0 unspecified atom stereocenters. The van der Waals surface area contributed by atoms with E-state index in [1.54, 1.807) is 0 Å². The van der Waals surface area contributed by atoms with Crippen molar-refractivity contribution >= 4 is 39.1 Å². The van der Waals surface area contributed by atoms with Gasteiger partial charge in [-0.1, -0.05) is 47.1 Å². The summed E-state index contributed by atoms with van der Waals surface area (Å²) in [5.41, 5.74) is 3.20. The molecule has 3 aromatic rings. The Labute approximate surface area is 132 Å². The van der Waals surface area contributed by atoms with Gasteiger partial charge >= 0.3 is 0 Å². The quantitative estimate of drug-likeness (QED) is 0.617. The SMILES string of the molecule is CCCn1c(N=Cc2ccc(Br)cc2)nc2ccccc21. The third-order valence-corrected chi connectivity index (χ3v) is 3.81. The highest BCUT2D eigenvalue weighted by Gasteiger charge is 2.07. The third-order valence-electron chi connectivity index (χ3n) is 3.28. The van der Waals surface area contributed by atoms with E-state index in [4.69, 9.17) is 0 Å². The molecule has 0 saturated carbocycles. The first-order chi connectivity index (χ1) is 10.3. The van der Waals surface area contributed by atoms with Gasteiger partial charge in [0.25, 0.3) is 0 Å². The van der Waals surface area contributed by atoms with E-state index in [-0.39, 0.29) is 0 Å². The number of aryl methyl sites for hydroxylation is 1. The van der Waals surface area contributed by atoms with E-state index < -0.39 is 0 Å². The number of nitrogens with zero attached hydrogens (tertiary/aromatic N) is 3. The molecule has 3 rings (SSSR count). The molecule has 0 N–H and O–H groups in total. The second-order valence-corrected chi connectivity index (χ2v) is 5.78. The number of aromatic nitrogens is 2. The van der Waals surface area contributed by atoms with E-state index in [0.717, 1.165) is 40.0 Å². The second-order valence-electron chi connectivity index (χ2n) is 4.86. The fraction of sp³-hybridized carbons (Fsp3) is 0.176. The topological polar surface area (TPSA) is 30.2 Å². The number of aliphatic imine (C=N–C) groups is 1. The monoisotopic (exact) mass is 341 g/mol. The van der Waals surface area contributed by atoms with Crippen LogP contribution < -0.4 is 0 Å². The molecule has 1 heterocycles. The fourth-order valence-corrected chi connectivity index (χ4v) is 2.55. The first-order valence-corrected chi connectivity index (χ1v) is 7.82. The van der Waals surface area contributed by atoms with Gasteiger partial charge in [0.2, 0.25) is 5.95 Å². The van der Waals surface area contributed by atoms with Crippen molar-refractivity contribution in [3.05, 3.63) is 58.6 Å². The Hall–Kier alpha value is -1.94. The zero-order valence-electron chi connectivity index (χ0n) is 11.8. The molecular formula is C17H16BrN3. The van der Waals surface area contributed by atoms with Crippen LogP contribution in [0.25, 0.3) is 11.0 Å². The van der Waals surface area contributed by atoms with Gasteiger partial charge in [-0.15, -0.1) is 0 Å². The Balaban J connectivity index is 1.99. The predicted octanol–water partition coefficient (Wildman–Crippen LogP) is 4.96. The number of imidazole rings is 1. The molecule has 21 heavy (non-hydrogen) atoms. The average Bonchev–Trinajstić information content (AvgIpc) is 2.85. The minimum absolute atomic E-state index is 0.765. The van der Waals surface area contributed by atoms with Crippen LogP contribution in [0.3, 0.4) is 0 Å². The largest absolute Gasteiger partial charge is 0.308 e.